The second-order valence-electron chi connectivity index (χ2n) is 3.36. The van der Waals surface area contributed by atoms with Gasteiger partial charge in [-0.1, -0.05) is 18.2 Å². The highest BCUT2D eigenvalue weighted by molar-refractivity contribution is 9.13. The molecule has 3 heteroatoms. The molecule has 0 heterocycles. The Morgan fingerprint density at radius 2 is 1.44 bits per heavy atom. The molecule has 0 spiro atoms. The van der Waals surface area contributed by atoms with Crippen molar-refractivity contribution in [3.05, 3.63) is 51.4 Å². The van der Waals surface area contributed by atoms with Crippen molar-refractivity contribution in [2.45, 2.75) is 0 Å². The van der Waals surface area contributed by atoms with Crippen LogP contribution in [-0.2, 0) is 0 Å². The Kier molecular flexibility index (Phi) is 3.66. The van der Waals surface area contributed by atoms with E-state index in [0.717, 1.165) is 14.7 Å². The third-order valence-electron chi connectivity index (χ3n) is 2.34. The second-order valence-corrected chi connectivity index (χ2v) is 5.07. The number of ether oxygens (including phenoxy) is 1. The Bertz CT molecular complexity index is 492. The molecule has 0 fully saturated rings. The first-order valence-corrected chi connectivity index (χ1v) is 6.39. The highest BCUT2D eigenvalue weighted by Gasteiger charge is 2.01. The second kappa shape index (κ2) is 5.02. The molecule has 0 atom stereocenters. The van der Waals surface area contributed by atoms with Crippen LogP contribution >= 0.6 is 31.9 Å². The van der Waals surface area contributed by atoms with Gasteiger partial charge in [-0.25, -0.2) is 0 Å². The SMILES string of the molecule is COc1ccc(-c2ccc(Br)c(Br)c2)cc1. The van der Waals surface area contributed by atoms with Crippen molar-refractivity contribution < 1.29 is 4.74 Å². The lowest BCUT2D eigenvalue weighted by Crippen LogP contribution is -1.83. The van der Waals surface area contributed by atoms with E-state index in [9.17, 15) is 0 Å². The van der Waals surface area contributed by atoms with Gasteiger partial charge in [0, 0.05) is 8.95 Å². The number of rotatable bonds is 2. The minimum absolute atomic E-state index is 0.875. The van der Waals surface area contributed by atoms with Crippen LogP contribution in [0.4, 0.5) is 0 Å². The van der Waals surface area contributed by atoms with Gasteiger partial charge in [0.25, 0.3) is 0 Å². The lowest BCUT2D eigenvalue weighted by Gasteiger charge is -2.05. The summed E-state index contributed by atoms with van der Waals surface area (Å²) >= 11 is 6.96. The fourth-order valence-electron chi connectivity index (χ4n) is 1.46. The Morgan fingerprint density at radius 3 is 2.00 bits per heavy atom. The lowest BCUT2D eigenvalue weighted by atomic mass is 10.1. The van der Waals surface area contributed by atoms with Crippen molar-refractivity contribution in [3.63, 3.8) is 0 Å². The van der Waals surface area contributed by atoms with Crippen molar-refractivity contribution >= 4 is 31.9 Å². The van der Waals surface area contributed by atoms with Gasteiger partial charge in [-0.15, -0.1) is 0 Å². The zero-order valence-corrected chi connectivity index (χ0v) is 11.9. The normalized spacial score (nSPS) is 10.2. The molecule has 0 aliphatic rings. The first kappa shape index (κ1) is 11.7. The molecule has 0 N–H and O–H groups in total. The molecule has 0 bridgehead atoms. The third-order valence-corrected chi connectivity index (χ3v) is 4.22. The smallest absolute Gasteiger partial charge is 0.118 e. The lowest BCUT2D eigenvalue weighted by molar-refractivity contribution is 0.415. The van der Waals surface area contributed by atoms with Crippen molar-refractivity contribution in [2.75, 3.05) is 7.11 Å². The zero-order chi connectivity index (χ0) is 11.5. The molecule has 0 unspecified atom stereocenters. The fraction of sp³-hybridized carbons (Fsp3) is 0.0769. The molecule has 2 rings (SSSR count). The molecule has 0 amide bonds. The summed E-state index contributed by atoms with van der Waals surface area (Å²) in [6.07, 6.45) is 0. The number of benzene rings is 2. The third kappa shape index (κ3) is 2.47. The molecule has 0 saturated carbocycles. The van der Waals surface area contributed by atoms with Gasteiger partial charge in [-0.2, -0.15) is 0 Å². The van der Waals surface area contributed by atoms with E-state index in [1.165, 1.54) is 11.1 Å². The molecule has 2 aromatic carbocycles. The average Bonchev–Trinajstić information content (AvgIpc) is 2.33. The topological polar surface area (TPSA) is 9.23 Å². The average molecular weight is 342 g/mol. The maximum absolute atomic E-state index is 5.13. The molecule has 0 aliphatic carbocycles. The summed E-state index contributed by atoms with van der Waals surface area (Å²) in [5, 5.41) is 0. The summed E-state index contributed by atoms with van der Waals surface area (Å²) < 4.78 is 7.25. The summed E-state index contributed by atoms with van der Waals surface area (Å²) in [5.74, 6) is 0.875. The summed E-state index contributed by atoms with van der Waals surface area (Å²) in [7, 11) is 1.67. The number of hydrogen-bond donors (Lipinski definition) is 0. The van der Waals surface area contributed by atoms with Gasteiger partial charge in [0.2, 0.25) is 0 Å². The van der Waals surface area contributed by atoms with Crippen LogP contribution < -0.4 is 4.74 Å². The van der Waals surface area contributed by atoms with Crippen LogP contribution in [0.25, 0.3) is 11.1 Å². The predicted octanol–water partition coefficient (Wildman–Crippen LogP) is 4.89. The largest absolute Gasteiger partial charge is 0.497 e. The number of hydrogen-bond acceptors (Lipinski definition) is 1. The zero-order valence-electron chi connectivity index (χ0n) is 8.71. The Hall–Kier alpha value is -0.800. The Morgan fingerprint density at radius 1 is 0.812 bits per heavy atom. The van der Waals surface area contributed by atoms with Crippen LogP contribution in [0.1, 0.15) is 0 Å². The van der Waals surface area contributed by atoms with Gasteiger partial charge in [0.05, 0.1) is 7.11 Å². The fourth-order valence-corrected chi connectivity index (χ4v) is 2.08. The van der Waals surface area contributed by atoms with Gasteiger partial charge in [0.15, 0.2) is 0 Å². The van der Waals surface area contributed by atoms with E-state index in [1.54, 1.807) is 7.11 Å². The molecule has 1 nitrogen and oxygen atoms in total. The van der Waals surface area contributed by atoms with E-state index in [4.69, 9.17) is 4.74 Å². The van der Waals surface area contributed by atoms with Gasteiger partial charge in [-0.05, 0) is 67.3 Å². The first-order chi connectivity index (χ1) is 7.70. The predicted molar refractivity (Wildman–Crippen MR) is 73.8 cm³/mol. The van der Waals surface area contributed by atoms with Crippen LogP contribution in [0.5, 0.6) is 5.75 Å². The van der Waals surface area contributed by atoms with Crippen LogP contribution in [0.15, 0.2) is 51.4 Å². The van der Waals surface area contributed by atoms with Crippen LogP contribution in [0.2, 0.25) is 0 Å². The van der Waals surface area contributed by atoms with Crippen molar-refractivity contribution in [1.82, 2.24) is 0 Å². The van der Waals surface area contributed by atoms with Crippen molar-refractivity contribution in [2.24, 2.45) is 0 Å². The van der Waals surface area contributed by atoms with Crippen LogP contribution in [0.3, 0.4) is 0 Å². The van der Waals surface area contributed by atoms with Crippen LogP contribution in [0, 0.1) is 0 Å². The van der Waals surface area contributed by atoms with Crippen molar-refractivity contribution in [3.8, 4) is 16.9 Å². The molecule has 2 aromatic rings. The summed E-state index contributed by atoms with van der Waals surface area (Å²) in [6.45, 7) is 0. The molecular formula is C13H10Br2O. The molecule has 0 aromatic heterocycles. The quantitative estimate of drug-likeness (QED) is 0.755. The summed E-state index contributed by atoms with van der Waals surface area (Å²) in [4.78, 5) is 0. The Balaban J connectivity index is 2.38. The number of methoxy groups -OCH3 is 1. The highest BCUT2D eigenvalue weighted by atomic mass is 79.9. The van der Waals surface area contributed by atoms with E-state index in [0.29, 0.717) is 0 Å². The van der Waals surface area contributed by atoms with E-state index >= 15 is 0 Å². The number of halogens is 2. The van der Waals surface area contributed by atoms with Crippen molar-refractivity contribution in [1.29, 1.82) is 0 Å². The van der Waals surface area contributed by atoms with Gasteiger partial charge in [-0.3, -0.25) is 0 Å². The summed E-state index contributed by atoms with van der Waals surface area (Å²) in [6, 6.07) is 14.2. The molecule has 0 saturated heterocycles. The van der Waals surface area contributed by atoms with E-state index in [1.807, 2.05) is 18.2 Å². The van der Waals surface area contributed by atoms with Gasteiger partial charge >= 0.3 is 0 Å². The maximum Gasteiger partial charge on any atom is 0.118 e. The molecular weight excluding hydrogens is 332 g/mol. The molecule has 82 valence electrons. The Labute approximate surface area is 112 Å². The monoisotopic (exact) mass is 340 g/mol. The molecule has 0 aliphatic heterocycles. The standard InChI is InChI=1S/C13H10Br2O/c1-16-11-5-2-9(3-6-11)10-4-7-12(14)13(15)8-10/h2-8H,1H3. The van der Waals surface area contributed by atoms with E-state index in [-0.39, 0.29) is 0 Å². The summed E-state index contributed by atoms with van der Waals surface area (Å²) in [5.41, 5.74) is 2.35. The first-order valence-electron chi connectivity index (χ1n) is 4.80. The van der Waals surface area contributed by atoms with E-state index in [2.05, 4.69) is 56.1 Å². The molecule has 0 radical (unpaired) electrons. The van der Waals surface area contributed by atoms with Crippen LogP contribution in [-0.4, -0.2) is 7.11 Å². The minimum Gasteiger partial charge on any atom is -0.497 e. The van der Waals surface area contributed by atoms with E-state index < -0.39 is 0 Å². The molecule has 16 heavy (non-hydrogen) atoms. The minimum atomic E-state index is 0.875. The highest BCUT2D eigenvalue weighted by Crippen LogP contribution is 2.29. The maximum atomic E-state index is 5.13. The van der Waals surface area contributed by atoms with Gasteiger partial charge < -0.3 is 4.74 Å². The van der Waals surface area contributed by atoms with Gasteiger partial charge in [0.1, 0.15) is 5.75 Å².